The van der Waals surface area contributed by atoms with E-state index in [1.165, 1.54) is 0 Å². The van der Waals surface area contributed by atoms with E-state index in [2.05, 4.69) is 6.58 Å². The zero-order valence-electron chi connectivity index (χ0n) is 9.43. The fourth-order valence-electron chi connectivity index (χ4n) is 0.676. The fraction of sp³-hybridized carbons (Fsp3) is 0.750. The summed E-state index contributed by atoms with van der Waals surface area (Å²) >= 11 is 0. The molecule has 0 aliphatic heterocycles. The minimum atomic E-state index is -4.98. The second kappa shape index (κ2) is 9.21. The first-order chi connectivity index (χ1) is 6.38. The van der Waals surface area contributed by atoms with E-state index in [0.29, 0.717) is 13.2 Å². The third-order valence-electron chi connectivity index (χ3n) is 1.57. The van der Waals surface area contributed by atoms with Crippen molar-refractivity contribution in [3.8, 4) is 0 Å². The second-order valence-electron chi connectivity index (χ2n) is 3.01. The van der Waals surface area contributed by atoms with Crippen LogP contribution in [0.3, 0.4) is 0 Å². The molecule has 0 aliphatic carbocycles. The van der Waals surface area contributed by atoms with Crippen molar-refractivity contribution in [1.29, 1.82) is 0 Å². The van der Waals surface area contributed by atoms with E-state index >= 15 is 0 Å². The minimum Gasteiger partial charge on any atom is -0.445 e. The smallest absolute Gasteiger partial charge is 0.445 e. The van der Waals surface area contributed by atoms with Crippen molar-refractivity contribution < 1.29 is 73.8 Å². The zero-order valence-corrected chi connectivity index (χ0v) is 12.6. The van der Waals surface area contributed by atoms with E-state index in [-0.39, 0.29) is 57.5 Å². The molecule has 2 nitrogen and oxygen atoms in total. The van der Waals surface area contributed by atoms with E-state index < -0.39 is 19.1 Å². The molecule has 7 heteroatoms. The first-order valence-corrected chi connectivity index (χ1v) is 4.44. The van der Waals surface area contributed by atoms with Gasteiger partial charge in [-0.2, -0.15) is 0 Å². The van der Waals surface area contributed by atoms with Crippen LogP contribution in [0.2, 0.25) is 0 Å². The van der Waals surface area contributed by atoms with Gasteiger partial charge in [0.05, 0.1) is 12.7 Å². The summed E-state index contributed by atoms with van der Waals surface area (Å²) in [6, 6.07) is 0. The van der Waals surface area contributed by atoms with Gasteiger partial charge in [-0.1, -0.05) is 0 Å². The van der Waals surface area contributed by atoms with Crippen LogP contribution < -0.4 is 51.4 Å². The Kier molecular flexibility index (Phi) is 11.4. The Balaban J connectivity index is 0. The van der Waals surface area contributed by atoms with Crippen molar-refractivity contribution in [3.63, 3.8) is 0 Å². The molecule has 0 spiro atoms. The van der Waals surface area contributed by atoms with Crippen LogP contribution in [0.4, 0.5) is 12.9 Å². The summed E-state index contributed by atoms with van der Waals surface area (Å²) in [6.07, 6.45) is -0.343. The molecule has 0 bridgehead atoms. The Morgan fingerprint density at radius 1 is 1.40 bits per heavy atom. The van der Waals surface area contributed by atoms with Crippen LogP contribution in [-0.2, 0) is 9.47 Å². The Labute approximate surface area is 131 Å². The van der Waals surface area contributed by atoms with Crippen LogP contribution in [0.15, 0.2) is 12.1 Å². The third-order valence-corrected chi connectivity index (χ3v) is 1.57. The monoisotopic (exact) mass is 250 g/mol. The number of ether oxygens (including phenoxy) is 2. The predicted molar refractivity (Wildman–Crippen MR) is 50.1 cm³/mol. The minimum absolute atomic E-state index is 0. The summed E-state index contributed by atoms with van der Waals surface area (Å²) in [4.78, 5) is 0. The van der Waals surface area contributed by atoms with Gasteiger partial charge in [-0.05, 0) is 13.8 Å². The van der Waals surface area contributed by atoms with Gasteiger partial charge in [-0.15, -0.1) is 12.1 Å². The number of hydrogen-bond donors (Lipinski definition) is 0. The van der Waals surface area contributed by atoms with Crippen molar-refractivity contribution >= 4 is 6.98 Å². The Bertz CT molecular complexity index is 187. The van der Waals surface area contributed by atoms with Crippen LogP contribution in [0.5, 0.6) is 0 Å². The SMILES string of the molecule is C=C(COC(C)COCC)[B-](F)(F)F.[K+]. The van der Waals surface area contributed by atoms with Gasteiger partial charge in [0.2, 0.25) is 0 Å². The topological polar surface area (TPSA) is 18.5 Å². The molecule has 0 aromatic carbocycles. The van der Waals surface area contributed by atoms with Crippen LogP contribution >= 0.6 is 0 Å². The average molecular weight is 250 g/mol. The third kappa shape index (κ3) is 10.0. The number of rotatable bonds is 7. The molecule has 1 unspecified atom stereocenters. The van der Waals surface area contributed by atoms with Crippen molar-refractivity contribution in [2.24, 2.45) is 0 Å². The van der Waals surface area contributed by atoms with Crippen molar-refractivity contribution in [2.75, 3.05) is 19.8 Å². The van der Waals surface area contributed by atoms with Crippen molar-refractivity contribution in [3.05, 3.63) is 12.1 Å². The maximum atomic E-state index is 12.0. The maximum absolute atomic E-state index is 12.0. The van der Waals surface area contributed by atoms with Gasteiger partial charge in [0.1, 0.15) is 0 Å². The zero-order chi connectivity index (χ0) is 11.2. The van der Waals surface area contributed by atoms with Crippen LogP contribution in [0.25, 0.3) is 0 Å². The summed E-state index contributed by atoms with van der Waals surface area (Å²) in [7, 11) is 0. The molecule has 15 heavy (non-hydrogen) atoms. The molecule has 0 aromatic rings. The average Bonchev–Trinajstić information content (AvgIpc) is 2.09. The largest absolute Gasteiger partial charge is 1.00 e. The summed E-state index contributed by atoms with van der Waals surface area (Å²) in [5, 5.41) is 0. The predicted octanol–water partition coefficient (Wildman–Crippen LogP) is -0.625. The van der Waals surface area contributed by atoms with Crippen molar-refractivity contribution in [1.82, 2.24) is 0 Å². The summed E-state index contributed by atoms with van der Waals surface area (Å²) in [5.41, 5.74) is -0.812. The van der Waals surface area contributed by atoms with Gasteiger partial charge < -0.3 is 22.4 Å². The van der Waals surface area contributed by atoms with E-state index in [9.17, 15) is 12.9 Å². The molecule has 0 radical (unpaired) electrons. The molecule has 0 fully saturated rings. The quantitative estimate of drug-likeness (QED) is 0.560. The van der Waals surface area contributed by atoms with Gasteiger partial charge >= 0.3 is 58.4 Å². The van der Waals surface area contributed by atoms with Gasteiger partial charge in [0.25, 0.3) is 0 Å². The van der Waals surface area contributed by atoms with Gasteiger partial charge in [0.15, 0.2) is 0 Å². The van der Waals surface area contributed by atoms with Crippen LogP contribution in [-0.4, -0.2) is 32.9 Å². The molecule has 0 rings (SSSR count). The van der Waals surface area contributed by atoms with Crippen LogP contribution in [0, 0.1) is 0 Å². The fourth-order valence-corrected chi connectivity index (χ4v) is 0.676. The van der Waals surface area contributed by atoms with Gasteiger partial charge in [-0.3, -0.25) is 0 Å². The Morgan fingerprint density at radius 2 is 1.93 bits per heavy atom. The molecular formula is C8H15BF3KO2. The summed E-state index contributed by atoms with van der Waals surface area (Å²) in [5.74, 6) is 0. The summed E-state index contributed by atoms with van der Waals surface area (Å²) < 4.78 is 45.9. The van der Waals surface area contributed by atoms with E-state index in [1.807, 2.05) is 6.92 Å². The van der Waals surface area contributed by atoms with E-state index in [4.69, 9.17) is 9.47 Å². The first-order valence-electron chi connectivity index (χ1n) is 4.44. The van der Waals surface area contributed by atoms with E-state index in [1.54, 1.807) is 6.92 Å². The number of hydrogen-bond acceptors (Lipinski definition) is 2. The molecule has 1 atom stereocenters. The molecular weight excluding hydrogens is 235 g/mol. The van der Waals surface area contributed by atoms with Gasteiger partial charge in [-0.25, -0.2) is 0 Å². The normalized spacial score (nSPS) is 13.1. The van der Waals surface area contributed by atoms with Gasteiger partial charge in [0, 0.05) is 13.2 Å². The van der Waals surface area contributed by atoms with E-state index in [0.717, 1.165) is 0 Å². The van der Waals surface area contributed by atoms with Crippen molar-refractivity contribution in [2.45, 2.75) is 20.0 Å². The molecule has 0 amide bonds. The molecule has 0 aliphatic rings. The second-order valence-corrected chi connectivity index (χ2v) is 3.01. The summed E-state index contributed by atoms with van der Waals surface area (Å²) in [6.45, 7) is 1.76. The molecule has 0 N–H and O–H groups in total. The maximum Gasteiger partial charge on any atom is 1.00 e. The molecule has 0 aromatic heterocycles. The Hall–Kier alpha value is 1.15. The molecule has 0 heterocycles. The molecule has 84 valence electrons. The number of halogens is 3. The molecule has 0 saturated heterocycles. The molecule has 0 saturated carbocycles. The standard InChI is InChI=1S/C8H15BF3O2.K/c1-4-13-6-8(3)14-5-7(2)9(10,11)12;/h8H,2,4-6H2,1,3H3;/q-1;+1. The van der Waals surface area contributed by atoms with Crippen LogP contribution in [0.1, 0.15) is 13.8 Å². The first kappa shape index (κ1) is 18.5. The Morgan fingerprint density at radius 3 is 2.33 bits per heavy atom.